The number of aliphatic carboxylic acids is 1. The van der Waals surface area contributed by atoms with E-state index in [1.165, 1.54) is 14.0 Å². The summed E-state index contributed by atoms with van der Waals surface area (Å²) < 4.78 is 39.5. The van der Waals surface area contributed by atoms with Gasteiger partial charge in [-0.1, -0.05) is 23.7 Å². The molecule has 33 heavy (non-hydrogen) atoms. The van der Waals surface area contributed by atoms with Gasteiger partial charge in [0, 0.05) is 10.6 Å². The zero-order valence-electron chi connectivity index (χ0n) is 17.2. The molecule has 1 amide bonds. The first-order valence-corrected chi connectivity index (χ1v) is 10.1. The molecule has 1 heterocycles. The van der Waals surface area contributed by atoms with E-state index in [0.29, 0.717) is 10.6 Å². The Hall–Kier alpha value is -3.21. The van der Waals surface area contributed by atoms with Gasteiger partial charge in [0.25, 0.3) is 11.6 Å². The molecule has 0 saturated carbocycles. The van der Waals surface area contributed by atoms with Gasteiger partial charge in [-0.25, -0.2) is 18.6 Å². The lowest BCUT2D eigenvalue weighted by molar-refractivity contribution is -0.161. The number of likely N-dealkylation sites (N-methyl/N-ethyl adjacent to an activating group) is 1. The average molecular weight is 500 g/mol. The Balaban J connectivity index is 2.06. The number of oxazole rings is 1. The molecule has 2 aromatic carbocycles. The Bertz CT molecular complexity index is 1220. The highest BCUT2D eigenvalue weighted by atomic mass is 35.5. The van der Waals surface area contributed by atoms with E-state index in [0.717, 1.165) is 12.1 Å². The standard InChI is InChI=1S/C21H17Cl2F2N3O5/c1-9(19-28-16(17(23)32-19)10-3-5-11(22)6-4-10)21(27-2,20(30)31)33-13-8-7-12(24)14(15(13)25)18(26)29/h3-9,27H,1-2H3,(H2,26,29)(H,30,31). The maximum atomic E-state index is 14.7. The Morgan fingerprint density at radius 2 is 1.85 bits per heavy atom. The van der Waals surface area contributed by atoms with Crippen LogP contribution in [0.5, 0.6) is 5.75 Å². The minimum Gasteiger partial charge on any atom is -0.477 e. The summed E-state index contributed by atoms with van der Waals surface area (Å²) in [6, 6.07) is 8.05. The predicted molar refractivity (Wildman–Crippen MR) is 115 cm³/mol. The highest BCUT2D eigenvalue weighted by Crippen LogP contribution is 2.37. The topological polar surface area (TPSA) is 128 Å². The van der Waals surface area contributed by atoms with Crippen LogP contribution in [0.25, 0.3) is 11.3 Å². The van der Waals surface area contributed by atoms with Crippen LogP contribution in [0.4, 0.5) is 8.78 Å². The van der Waals surface area contributed by atoms with Gasteiger partial charge in [0.15, 0.2) is 11.6 Å². The largest absolute Gasteiger partial charge is 0.477 e. The third-order valence-corrected chi connectivity index (χ3v) is 5.47. The van der Waals surface area contributed by atoms with E-state index >= 15 is 0 Å². The highest BCUT2D eigenvalue weighted by molar-refractivity contribution is 6.31. The lowest BCUT2D eigenvalue weighted by Gasteiger charge is -2.33. The number of halogens is 4. The number of nitrogens with zero attached hydrogens (tertiary/aromatic N) is 1. The Morgan fingerprint density at radius 1 is 1.21 bits per heavy atom. The Kier molecular flexibility index (Phi) is 6.92. The van der Waals surface area contributed by atoms with Gasteiger partial charge in [0.1, 0.15) is 17.1 Å². The minimum atomic E-state index is -2.36. The number of nitrogens with two attached hydrogens (primary N) is 1. The van der Waals surface area contributed by atoms with Gasteiger partial charge in [-0.05, 0) is 49.8 Å². The van der Waals surface area contributed by atoms with Crippen LogP contribution in [-0.2, 0) is 4.79 Å². The molecule has 0 spiro atoms. The molecule has 0 aliphatic carbocycles. The van der Waals surface area contributed by atoms with Crippen molar-refractivity contribution in [1.82, 2.24) is 10.3 Å². The van der Waals surface area contributed by atoms with E-state index in [9.17, 15) is 23.5 Å². The number of benzene rings is 2. The Labute approximate surface area is 196 Å². The van der Waals surface area contributed by atoms with Gasteiger partial charge >= 0.3 is 5.97 Å². The van der Waals surface area contributed by atoms with Crippen LogP contribution in [-0.4, -0.2) is 34.7 Å². The summed E-state index contributed by atoms with van der Waals surface area (Å²) in [6.07, 6.45) is 0. The van der Waals surface area contributed by atoms with Crippen LogP contribution < -0.4 is 15.8 Å². The molecule has 3 aromatic rings. The molecule has 2 atom stereocenters. The first-order valence-electron chi connectivity index (χ1n) is 9.33. The lowest BCUT2D eigenvalue weighted by Crippen LogP contribution is -2.59. The fourth-order valence-corrected chi connectivity index (χ4v) is 3.52. The second kappa shape index (κ2) is 9.34. The van der Waals surface area contributed by atoms with Gasteiger partial charge in [-0.3, -0.25) is 10.1 Å². The molecule has 0 bridgehead atoms. The molecule has 4 N–H and O–H groups in total. The maximum Gasteiger partial charge on any atom is 0.364 e. The van der Waals surface area contributed by atoms with Crippen molar-refractivity contribution in [2.45, 2.75) is 18.6 Å². The quantitative estimate of drug-likeness (QED) is 0.396. The zero-order valence-corrected chi connectivity index (χ0v) is 18.7. The van der Waals surface area contributed by atoms with Crippen molar-refractivity contribution in [1.29, 1.82) is 0 Å². The van der Waals surface area contributed by atoms with Crippen molar-refractivity contribution < 1.29 is 32.6 Å². The first-order chi connectivity index (χ1) is 15.5. The highest BCUT2D eigenvalue weighted by Gasteiger charge is 2.49. The van der Waals surface area contributed by atoms with Crippen molar-refractivity contribution in [2.75, 3.05) is 7.05 Å². The fourth-order valence-electron chi connectivity index (χ4n) is 3.17. The van der Waals surface area contributed by atoms with Crippen LogP contribution in [0.3, 0.4) is 0 Å². The molecule has 0 saturated heterocycles. The molecule has 0 aliphatic heterocycles. The van der Waals surface area contributed by atoms with E-state index in [1.54, 1.807) is 24.3 Å². The second-order valence-corrected chi connectivity index (χ2v) is 7.67. The van der Waals surface area contributed by atoms with E-state index in [-0.39, 0.29) is 16.8 Å². The first kappa shape index (κ1) is 24.4. The second-order valence-electron chi connectivity index (χ2n) is 6.89. The van der Waals surface area contributed by atoms with Crippen molar-refractivity contribution in [3.05, 3.63) is 69.7 Å². The summed E-state index contributed by atoms with van der Waals surface area (Å²) in [5, 5.41) is 12.8. The number of carboxylic acid groups (broad SMARTS) is 1. The SMILES string of the molecule is CNC(Oc1ccc(F)c(C(N)=O)c1F)(C(=O)O)C(C)c1nc(-c2ccc(Cl)cc2)c(Cl)o1. The Morgan fingerprint density at radius 3 is 2.39 bits per heavy atom. The number of amides is 1. The number of hydrogen-bond acceptors (Lipinski definition) is 6. The fraction of sp³-hybridized carbons (Fsp3) is 0.190. The molecule has 0 aliphatic rings. The molecular formula is C21H17Cl2F2N3O5. The number of hydrogen-bond donors (Lipinski definition) is 3. The van der Waals surface area contributed by atoms with Gasteiger partial charge in [0.2, 0.25) is 11.1 Å². The van der Waals surface area contributed by atoms with E-state index in [4.69, 9.17) is 38.1 Å². The molecule has 0 fully saturated rings. The summed E-state index contributed by atoms with van der Waals surface area (Å²) >= 11 is 12.1. The molecule has 1 aromatic heterocycles. The number of ether oxygens (including phenoxy) is 1. The summed E-state index contributed by atoms with van der Waals surface area (Å²) in [6.45, 7) is 1.38. The molecule has 174 valence electrons. The van der Waals surface area contributed by atoms with Crippen LogP contribution in [0.1, 0.15) is 29.1 Å². The third kappa shape index (κ3) is 4.50. The summed E-state index contributed by atoms with van der Waals surface area (Å²) in [5.41, 5.74) is 2.36. The van der Waals surface area contributed by atoms with Gasteiger partial charge in [-0.15, -0.1) is 0 Å². The van der Waals surface area contributed by atoms with Crippen LogP contribution in [0.2, 0.25) is 10.2 Å². The van der Waals surface area contributed by atoms with Gasteiger partial charge in [0.05, 0.1) is 5.92 Å². The molecule has 2 unspecified atom stereocenters. The van der Waals surface area contributed by atoms with Crippen molar-refractivity contribution in [3.63, 3.8) is 0 Å². The van der Waals surface area contributed by atoms with Crippen molar-refractivity contribution >= 4 is 35.1 Å². The maximum absolute atomic E-state index is 14.7. The van der Waals surface area contributed by atoms with Crippen LogP contribution >= 0.6 is 23.2 Å². The summed E-state index contributed by atoms with van der Waals surface area (Å²) in [5.74, 6) is -7.74. The number of primary amides is 1. The number of carboxylic acids is 1. The number of nitrogens with one attached hydrogen (secondary N) is 1. The predicted octanol–water partition coefficient (Wildman–Crippen LogP) is 4.21. The third-order valence-electron chi connectivity index (χ3n) is 4.96. The monoisotopic (exact) mass is 499 g/mol. The molecule has 0 radical (unpaired) electrons. The average Bonchev–Trinajstić information content (AvgIpc) is 3.14. The number of carbonyl (C=O) groups excluding carboxylic acids is 1. The van der Waals surface area contributed by atoms with E-state index in [1.807, 2.05) is 0 Å². The number of rotatable bonds is 8. The summed E-state index contributed by atoms with van der Waals surface area (Å²) in [4.78, 5) is 28.0. The van der Waals surface area contributed by atoms with E-state index < -0.39 is 46.5 Å². The molecule has 3 rings (SSSR count). The molecule has 8 nitrogen and oxygen atoms in total. The minimum absolute atomic E-state index is 0.126. The zero-order chi connectivity index (χ0) is 24.5. The molecular weight excluding hydrogens is 483 g/mol. The number of aromatic nitrogens is 1. The van der Waals surface area contributed by atoms with Crippen LogP contribution in [0, 0.1) is 11.6 Å². The smallest absolute Gasteiger partial charge is 0.364 e. The lowest BCUT2D eigenvalue weighted by atomic mass is 9.96. The summed E-state index contributed by atoms with van der Waals surface area (Å²) in [7, 11) is 1.24. The van der Waals surface area contributed by atoms with Crippen molar-refractivity contribution in [2.24, 2.45) is 5.73 Å². The van der Waals surface area contributed by atoms with Crippen molar-refractivity contribution in [3.8, 4) is 17.0 Å². The van der Waals surface area contributed by atoms with Crippen LogP contribution in [0.15, 0.2) is 40.8 Å². The van der Waals surface area contributed by atoms with E-state index in [2.05, 4.69) is 10.3 Å². The normalized spacial score (nSPS) is 13.9. The number of carbonyl (C=O) groups is 2. The molecule has 12 heteroatoms. The van der Waals surface area contributed by atoms with Gasteiger partial charge < -0.3 is 20.0 Å². The van der Waals surface area contributed by atoms with Gasteiger partial charge in [-0.2, -0.15) is 0 Å².